The van der Waals surface area contributed by atoms with E-state index in [1.54, 1.807) is 12.1 Å². The van der Waals surface area contributed by atoms with Crippen LogP contribution in [-0.4, -0.2) is 66.7 Å². The quantitative estimate of drug-likeness (QED) is 0.466. The van der Waals surface area contributed by atoms with Gasteiger partial charge in [-0.2, -0.15) is 0 Å². The molecule has 178 valence electrons. The number of ether oxygens (including phenoxy) is 3. The second-order valence-corrected chi connectivity index (χ2v) is 8.72. The molecule has 0 aromatic heterocycles. The molecule has 4 rings (SSSR count). The summed E-state index contributed by atoms with van der Waals surface area (Å²) in [5.74, 6) is 0.0754. The molecule has 1 aliphatic carbocycles. The summed E-state index contributed by atoms with van der Waals surface area (Å²) in [5.41, 5.74) is -0.916. The van der Waals surface area contributed by atoms with E-state index < -0.39 is 42.5 Å². The Morgan fingerprint density at radius 1 is 1.21 bits per heavy atom. The second kappa shape index (κ2) is 9.68. The van der Waals surface area contributed by atoms with Gasteiger partial charge in [0.25, 0.3) is 11.8 Å². The summed E-state index contributed by atoms with van der Waals surface area (Å²) >= 11 is 0. The standard InChI is InChI=1S/C23H29N3O7/c1-2-15-7-9-23(10-8-15)21(29)26(22(30)25-23)12-20(28)32-14-19(27)24-11-16-13-31-17-5-3-4-6-18(17)33-16/h3-6,15-16H,2,7-14H2,1H3,(H,24,27)(H,25,30). The zero-order valence-corrected chi connectivity index (χ0v) is 18.6. The van der Waals surface area contributed by atoms with Crippen LogP contribution in [0.5, 0.6) is 11.5 Å². The molecule has 1 aromatic carbocycles. The van der Waals surface area contributed by atoms with Crippen molar-refractivity contribution in [1.29, 1.82) is 0 Å². The van der Waals surface area contributed by atoms with E-state index in [1.165, 1.54) is 0 Å². The van der Waals surface area contributed by atoms with Gasteiger partial charge in [0.2, 0.25) is 0 Å². The van der Waals surface area contributed by atoms with E-state index >= 15 is 0 Å². The summed E-state index contributed by atoms with van der Waals surface area (Å²) < 4.78 is 16.3. The molecule has 0 radical (unpaired) electrons. The van der Waals surface area contributed by atoms with Gasteiger partial charge in [-0.25, -0.2) is 4.79 Å². The average molecular weight is 459 g/mol. The lowest BCUT2D eigenvalue weighted by atomic mass is 9.75. The van der Waals surface area contributed by atoms with Crippen molar-refractivity contribution in [3.05, 3.63) is 24.3 Å². The Balaban J connectivity index is 1.19. The van der Waals surface area contributed by atoms with Crippen LogP contribution in [0.4, 0.5) is 4.79 Å². The minimum Gasteiger partial charge on any atom is -0.486 e. The van der Waals surface area contributed by atoms with E-state index in [0.717, 1.165) is 24.2 Å². The van der Waals surface area contributed by atoms with Gasteiger partial charge < -0.3 is 24.8 Å². The number of nitrogens with zero attached hydrogens (tertiary/aromatic N) is 1. The molecule has 33 heavy (non-hydrogen) atoms. The van der Waals surface area contributed by atoms with Gasteiger partial charge in [0.05, 0.1) is 6.54 Å². The number of hydrogen-bond acceptors (Lipinski definition) is 7. The van der Waals surface area contributed by atoms with Crippen LogP contribution >= 0.6 is 0 Å². The molecule has 1 aromatic rings. The molecule has 2 aliphatic heterocycles. The van der Waals surface area contributed by atoms with Gasteiger partial charge in [0.15, 0.2) is 18.1 Å². The minimum atomic E-state index is -0.916. The summed E-state index contributed by atoms with van der Waals surface area (Å²) in [6, 6.07) is 6.65. The third kappa shape index (κ3) is 5.04. The van der Waals surface area contributed by atoms with Crippen LogP contribution in [-0.2, 0) is 19.1 Å². The van der Waals surface area contributed by atoms with Crippen molar-refractivity contribution in [3.63, 3.8) is 0 Å². The lowest BCUT2D eigenvalue weighted by Gasteiger charge is -2.34. The first kappa shape index (κ1) is 22.9. The first-order valence-electron chi connectivity index (χ1n) is 11.3. The first-order chi connectivity index (χ1) is 15.9. The highest BCUT2D eigenvalue weighted by atomic mass is 16.6. The van der Waals surface area contributed by atoms with Gasteiger partial charge in [-0.15, -0.1) is 0 Å². The number of esters is 1. The van der Waals surface area contributed by atoms with Gasteiger partial charge in [-0.1, -0.05) is 25.5 Å². The van der Waals surface area contributed by atoms with Gasteiger partial charge in [-0.05, 0) is 43.7 Å². The highest BCUT2D eigenvalue weighted by Crippen LogP contribution is 2.37. The Labute approximate surface area is 191 Å². The van der Waals surface area contributed by atoms with Crippen LogP contribution in [0.25, 0.3) is 0 Å². The average Bonchev–Trinajstić information content (AvgIpc) is 3.05. The summed E-state index contributed by atoms with van der Waals surface area (Å²) in [4.78, 5) is 50.3. The summed E-state index contributed by atoms with van der Waals surface area (Å²) in [5, 5.41) is 5.40. The summed E-state index contributed by atoms with van der Waals surface area (Å²) in [7, 11) is 0. The predicted molar refractivity (Wildman–Crippen MR) is 116 cm³/mol. The minimum absolute atomic E-state index is 0.180. The number of amides is 4. The van der Waals surface area contributed by atoms with Crippen LogP contribution in [0.3, 0.4) is 0 Å². The molecule has 1 unspecified atom stereocenters. The van der Waals surface area contributed by atoms with Crippen molar-refractivity contribution in [1.82, 2.24) is 15.5 Å². The molecule has 1 atom stereocenters. The number of urea groups is 1. The van der Waals surface area contributed by atoms with Crippen LogP contribution in [0.2, 0.25) is 0 Å². The number of nitrogens with one attached hydrogen (secondary N) is 2. The highest BCUT2D eigenvalue weighted by molar-refractivity contribution is 6.08. The van der Waals surface area contributed by atoms with Gasteiger partial charge in [0, 0.05) is 0 Å². The van der Waals surface area contributed by atoms with Crippen molar-refractivity contribution >= 4 is 23.8 Å². The van der Waals surface area contributed by atoms with E-state index in [-0.39, 0.29) is 19.3 Å². The monoisotopic (exact) mass is 459 g/mol. The number of carbonyl (C=O) groups excluding carboxylic acids is 4. The van der Waals surface area contributed by atoms with Gasteiger partial charge >= 0.3 is 12.0 Å². The predicted octanol–water partition coefficient (Wildman–Crippen LogP) is 1.38. The number of para-hydroxylation sites is 2. The summed E-state index contributed by atoms with van der Waals surface area (Å²) in [6.45, 7) is 1.54. The molecule has 1 saturated heterocycles. The van der Waals surface area contributed by atoms with E-state index in [2.05, 4.69) is 17.6 Å². The molecule has 1 spiro atoms. The maximum atomic E-state index is 12.9. The molecular weight excluding hydrogens is 430 g/mol. The Morgan fingerprint density at radius 3 is 2.67 bits per heavy atom. The smallest absolute Gasteiger partial charge is 0.326 e. The molecule has 10 nitrogen and oxygen atoms in total. The Kier molecular flexibility index (Phi) is 6.71. The topological polar surface area (TPSA) is 123 Å². The summed E-state index contributed by atoms with van der Waals surface area (Å²) in [6.07, 6.45) is 3.54. The van der Waals surface area contributed by atoms with Crippen LogP contribution in [0, 0.1) is 5.92 Å². The zero-order valence-electron chi connectivity index (χ0n) is 18.6. The van der Waals surface area contributed by atoms with Crippen LogP contribution < -0.4 is 20.1 Å². The molecule has 2 heterocycles. The molecule has 3 aliphatic rings. The SMILES string of the molecule is CCC1CCC2(CC1)NC(=O)N(CC(=O)OCC(=O)NCC1COc3ccccc3O1)C2=O. The molecule has 4 amide bonds. The van der Waals surface area contributed by atoms with E-state index in [9.17, 15) is 19.2 Å². The largest absolute Gasteiger partial charge is 0.486 e. The molecule has 1 saturated carbocycles. The Hall–Kier alpha value is -3.30. The number of benzene rings is 1. The number of imide groups is 1. The van der Waals surface area contributed by atoms with Crippen molar-refractivity contribution in [2.45, 2.75) is 50.7 Å². The highest BCUT2D eigenvalue weighted by Gasteiger charge is 2.52. The number of hydrogen-bond donors (Lipinski definition) is 2. The molecule has 10 heteroatoms. The second-order valence-electron chi connectivity index (χ2n) is 8.72. The van der Waals surface area contributed by atoms with Gasteiger partial charge in [0.1, 0.15) is 24.8 Å². The van der Waals surface area contributed by atoms with Crippen LogP contribution in [0.1, 0.15) is 39.0 Å². The maximum absolute atomic E-state index is 12.9. The molecule has 2 N–H and O–H groups in total. The van der Waals surface area contributed by atoms with E-state index in [0.29, 0.717) is 30.3 Å². The number of rotatable bonds is 7. The number of carbonyl (C=O) groups is 4. The fourth-order valence-corrected chi connectivity index (χ4v) is 4.50. The van der Waals surface area contributed by atoms with Gasteiger partial charge in [-0.3, -0.25) is 19.3 Å². The maximum Gasteiger partial charge on any atom is 0.326 e. The Bertz CT molecular complexity index is 926. The molecule has 0 bridgehead atoms. The van der Waals surface area contributed by atoms with Crippen molar-refractivity contribution < 1.29 is 33.4 Å². The number of fused-ring (bicyclic) bond motifs is 1. The first-order valence-corrected chi connectivity index (χ1v) is 11.3. The fraction of sp³-hybridized carbons (Fsp3) is 0.565. The normalized spacial score (nSPS) is 26.2. The van der Waals surface area contributed by atoms with E-state index in [4.69, 9.17) is 14.2 Å². The third-order valence-electron chi connectivity index (χ3n) is 6.53. The third-order valence-corrected chi connectivity index (χ3v) is 6.53. The fourth-order valence-electron chi connectivity index (χ4n) is 4.50. The van der Waals surface area contributed by atoms with Crippen molar-refractivity contribution in [2.75, 3.05) is 26.3 Å². The van der Waals surface area contributed by atoms with Crippen molar-refractivity contribution in [2.24, 2.45) is 5.92 Å². The van der Waals surface area contributed by atoms with Crippen LogP contribution in [0.15, 0.2) is 24.3 Å². The lowest BCUT2D eigenvalue weighted by Crippen LogP contribution is -2.49. The zero-order chi connectivity index (χ0) is 23.4. The Morgan fingerprint density at radius 2 is 1.94 bits per heavy atom. The molecular formula is C23H29N3O7. The van der Waals surface area contributed by atoms with E-state index in [1.807, 2.05) is 12.1 Å². The van der Waals surface area contributed by atoms with Crippen molar-refractivity contribution in [3.8, 4) is 11.5 Å². The molecule has 2 fully saturated rings. The lowest BCUT2D eigenvalue weighted by molar-refractivity contribution is -0.151.